The van der Waals surface area contributed by atoms with Crippen LogP contribution in [0.2, 0.25) is 0 Å². The summed E-state index contributed by atoms with van der Waals surface area (Å²) in [4.78, 5) is 0. The minimum Gasteiger partial charge on any atom is -0.375 e. The highest BCUT2D eigenvalue weighted by Crippen LogP contribution is 2.35. The molecule has 2 aliphatic rings. The van der Waals surface area contributed by atoms with Crippen molar-refractivity contribution in [2.75, 3.05) is 37.8 Å². The molecule has 6 heteroatoms. The summed E-state index contributed by atoms with van der Waals surface area (Å²) in [5.41, 5.74) is -0.0157. The number of sulfone groups is 1. The molecule has 19 heavy (non-hydrogen) atoms. The summed E-state index contributed by atoms with van der Waals surface area (Å²) in [7, 11) is -2.93. The average Bonchev–Trinajstić information content (AvgIpc) is 2.73. The predicted octanol–water partition coefficient (Wildman–Crippen LogP) is 0.739. The number of nitrogens with one attached hydrogen (secondary N) is 1. The quantitative estimate of drug-likeness (QED) is 0.782. The Hall–Kier alpha value is -0.170. The maximum absolute atomic E-state index is 11.6. The van der Waals surface area contributed by atoms with E-state index >= 15 is 0 Å². The van der Waals surface area contributed by atoms with Crippen LogP contribution in [0.15, 0.2) is 0 Å². The van der Waals surface area contributed by atoms with Gasteiger partial charge in [0.15, 0.2) is 9.84 Å². The van der Waals surface area contributed by atoms with E-state index in [0.717, 1.165) is 32.4 Å². The van der Waals surface area contributed by atoms with Crippen molar-refractivity contribution in [3.63, 3.8) is 0 Å². The summed E-state index contributed by atoms with van der Waals surface area (Å²) in [6.45, 7) is 4.78. The molecule has 1 spiro atoms. The molecule has 1 N–H and O–H groups in total. The van der Waals surface area contributed by atoms with E-state index in [1.165, 1.54) is 0 Å². The lowest BCUT2D eigenvalue weighted by molar-refractivity contribution is -0.0228. The van der Waals surface area contributed by atoms with Crippen molar-refractivity contribution in [2.45, 2.75) is 44.3 Å². The third kappa shape index (κ3) is 4.41. The monoisotopic (exact) mass is 291 g/mol. The molecule has 0 aromatic heterocycles. The summed E-state index contributed by atoms with van der Waals surface area (Å²) < 4.78 is 34.8. The Morgan fingerprint density at radius 1 is 1.32 bits per heavy atom. The van der Waals surface area contributed by atoms with Crippen LogP contribution in [-0.4, -0.2) is 57.9 Å². The van der Waals surface area contributed by atoms with E-state index in [0.29, 0.717) is 19.6 Å². The zero-order chi connectivity index (χ0) is 13.8. The highest BCUT2D eigenvalue weighted by molar-refractivity contribution is 7.91. The summed E-state index contributed by atoms with van der Waals surface area (Å²) in [6.07, 6.45) is 3.70. The van der Waals surface area contributed by atoms with Crippen LogP contribution in [0.4, 0.5) is 0 Å². The van der Waals surface area contributed by atoms with Gasteiger partial charge in [0.25, 0.3) is 0 Å². The number of hydrogen-bond acceptors (Lipinski definition) is 5. The highest BCUT2D eigenvalue weighted by Gasteiger charge is 2.41. The van der Waals surface area contributed by atoms with Crippen LogP contribution < -0.4 is 5.32 Å². The molecule has 112 valence electrons. The third-order valence-electron chi connectivity index (χ3n) is 3.95. The molecule has 1 atom stereocenters. The van der Waals surface area contributed by atoms with Crippen LogP contribution in [0.25, 0.3) is 0 Å². The first-order chi connectivity index (χ1) is 9.05. The second kappa shape index (κ2) is 6.52. The fourth-order valence-corrected chi connectivity index (χ4v) is 4.07. The van der Waals surface area contributed by atoms with Crippen LogP contribution in [0.5, 0.6) is 0 Å². The lowest BCUT2D eigenvalue weighted by Gasteiger charge is -2.32. The molecule has 0 saturated carbocycles. The van der Waals surface area contributed by atoms with Crippen molar-refractivity contribution in [3.8, 4) is 0 Å². The molecule has 0 aliphatic carbocycles. The Bertz CT molecular complexity index is 376. The molecule has 2 rings (SSSR count). The van der Waals surface area contributed by atoms with Gasteiger partial charge in [-0.25, -0.2) is 8.42 Å². The van der Waals surface area contributed by atoms with Crippen molar-refractivity contribution in [2.24, 2.45) is 0 Å². The molecule has 2 saturated heterocycles. The van der Waals surface area contributed by atoms with Crippen molar-refractivity contribution in [1.29, 1.82) is 0 Å². The largest absolute Gasteiger partial charge is 0.375 e. The first-order valence-electron chi connectivity index (χ1n) is 7.22. The molecular formula is C13H25NO4S. The van der Waals surface area contributed by atoms with E-state index in [2.05, 4.69) is 5.32 Å². The van der Waals surface area contributed by atoms with Gasteiger partial charge in [-0.2, -0.15) is 0 Å². The van der Waals surface area contributed by atoms with Crippen LogP contribution in [-0.2, 0) is 19.3 Å². The van der Waals surface area contributed by atoms with Gasteiger partial charge in [0.05, 0.1) is 30.7 Å². The Balaban J connectivity index is 1.71. The first kappa shape index (κ1) is 15.2. The van der Waals surface area contributed by atoms with Gasteiger partial charge in [-0.1, -0.05) is 6.92 Å². The van der Waals surface area contributed by atoms with E-state index in [1.54, 1.807) is 0 Å². The fraction of sp³-hybridized carbons (Fsp3) is 1.00. The molecule has 5 nitrogen and oxygen atoms in total. The summed E-state index contributed by atoms with van der Waals surface area (Å²) in [5, 5.41) is 3.33. The van der Waals surface area contributed by atoms with Crippen molar-refractivity contribution >= 4 is 9.84 Å². The standard InChI is InChI=1S/C13H25NO4S/c1-2-8-19(15,16)9-7-17-12-10-13(18-11-12)3-5-14-6-4-13/h12,14H,2-11H2,1H3. The lowest BCUT2D eigenvalue weighted by atomic mass is 9.89. The van der Waals surface area contributed by atoms with Gasteiger partial charge in [-0.15, -0.1) is 0 Å². The van der Waals surface area contributed by atoms with Gasteiger partial charge in [0.2, 0.25) is 0 Å². The molecule has 2 heterocycles. The Labute approximate surface area is 116 Å². The van der Waals surface area contributed by atoms with Crippen molar-refractivity contribution in [3.05, 3.63) is 0 Å². The molecule has 1 unspecified atom stereocenters. The van der Waals surface area contributed by atoms with Gasteiger partial charge in [0.1, 0.15) is 0 Å². The van der Waals surface area contributed by atoms with Crippen molar-refractivity contribution in [1.82, 2.24) is 5.32 Å². The topological polar surface area (TPSA) is 64.6 Å². The Morgan fingerprint density at radius 3 is 2.74 bits per heavy atom. The lowest BCUT2D eigenvalue weighted by Crippen LogP contribution is -2.41. The summed E-state index contributed by atoms with van der Waals surface area (Å²) >= 11 is 0. The zero-order valence-electron chi connectivity index (χ0n) is 11.7. The molecule has 0 radical (unpaired) electrons. The molecular weight excluding hydrogens is 266 g/mol. The average molecular weight is 291 g/mol. The van der Waals surface area contributed by atoms with Crippen LogP contribution in [0.1, 0.15) is 32.6 Å². The highest BCUT2D eigenvalue weighted by atomic mass is 32.2. The molecule has 0 aromatic rings. The van der Waals surface area contributed by atoms with Crippen LogP contribution in [0, 0.1) is 0 Å². The summed E-state index contributed by atoms with van der Waals surface area (Å²) in [5.74, 6) is 0.388. The minimum absolute atomic E-state index is 0.0157. The smallest absolute Gasteiger partial charge is 0.152 e. The number of ether oxygens (including phenoxy) is 2. The van der Waals surface area contributed by atoms with E-state index in [4.69, 9.17) is 9.47 Å². The number of rotatable bonds is 6. The van der Waals surface area contributed by atoms with Gasteiger partial charge in [-0.05, 0) is 32.4 Å². The molecule has 0 bridgehead atoms. The maximum Gasteiger partial charge on any atom is 0.152 e. The normalized spacial score (nSPS) is 26.9. The molecule has 0 aromatic carbocycles. The molecule has 2 fully saturated rings. The number of piperidine rings is 1. The Kier molecular flexibility index (Phi) is 5.22. The second-order valence-electron chi connectivity index (χ2n) is 5.59. The van der Waals surface area contributed by atoms with E-state index < -0.39 is 9.84 Å². The van der Waals surface area contributed by atoms with Crippen LogP contribution in [0.3, 0.4) is 0 Å². The van der Waals surface area contributed by atoms with Crippen LogP contribution >= 0.6 is 0 Å². The third-order valence-corrected chi connectivity index (χ3v) is 5.77. The summed E-state index contributed by atoms with van der Waals surface area (Å²) in [6, 6.07) is 0. The SMILES string of the molecule is CCCS(=O)(=O)CCOC1COC2(CCNCC2)C1. The van der Waals surface area contributed by atoms with Crippen molar-refractivity contribution < 1.29 is 17.9 Å². The van der Waals surface area contributed by atoms with Gasteiger partial charge in [-0.3, -0.25) is 0 Å². The van der Waals surface area contributed by atoms with Gasteiger partial charge in [0, 0.05) is 12.2 Å². The minimum atomic E-state index is -2.93. The van der Waals surface area contributed by atoms with E-state index in [9.17, 15) is 8.42 Å². The van der Waals surface area contributed by atoms with E-state index in [-0.39, 0.29) is 23.2 Å². The molecule has 0 amide bonds. The Morgan fingerprint density at radius 2 is 2.05 bits per heavy atom. The second-order valence-corrected chi connectivity index (χ2v) is 7.90. The molecule has 2 aliphatic heterocycles. The predicted molar refractivity (Wildman–Crippen MR) is 74.1 cm³/mol. The number of hydrogen-bond donors (Lipinski definition) is 1. The van der Waals surface area contributed by atoms with E-state index in [1.807, 2.05) is 6.92 Å². The van der Waals surface area contributed by atoms with Gasteiger partial charge < -0.3 is 14.8 Å². The maximum atomic E-state index is 11.6. The zero-order valence-corrected chi connectivity index (χ0v) is 12.5. The fourth-order valence-electron chi connectivity index (χ4n) is 2.90. The first-order valence-corrected chi connectivity index (χ1v) is 9.04. The van der Waals surface area contributed by atoms with Gasteiger partial charge >= 0.3 is 0 Å².